The molecule has 0 spiro atoms. The first-order valence-corrected chi connectivity index (χ1v) is 9.98. The zero-order valence-electron chi connectivity index (χ0n) is 15.2. The molecule has 1 atom stereocenters. The molecule has 0 unspecified atom stereocenters. The summed E-state index contributed by atoms with van der Waals surface area (Å²) in [4.78, 5) is 22.7. The molecule has 0 saturated carbocycles. The molecule has 1 rings (SSSR count). The van der Waals surface area contributed by atoms with E-state index in [0.29, 0.717) is 37.6 Å². The van der Waals surface area contributed by atoms with E-state index >= 15 is 0 Å². The summed E-state index contributed by atoms with van der Waals surface area (Å²) in [6.45, 7) is 2.85. The topological polar surface area (TPSA) is 93.5 Å². The van der Waals surface area contributed by atoms with Gasteiger partial charge in [0.1, 0.15) is 12.4 Å². The van der Waals surface area contributed by atoms with Gasteiger partial charge in [-0.1, -0.05) is 6.07 Å². The fraction of sp³-hybridized carbons (Fsp3) is 0.556. The highest BCUT2D eigenvalue weighted by atomic mass is 32.1. The van der Waals surface area contributed by atoms with Crippen LogP contribution in [0.2, 0.25) is 0 Å². The van der Waals surface area contributed by atoms with Gasteiger partial charge in [0, 0.05) is 25.0 Å². The van der Waals surface area contributed by atoms with E-state index in [1.54, 1.807) is 0 Å². The van der Waals surface area contributed by atoms with Gasteiger partial charge in [0.05, 0.1) is 12.6 Å². The molecule has 1 aromatic carbocycles. The van der Waals surface area contributed by atoms with Crippen LogP contribution in [0.15, 0.2) is 18.2 Å². The van der Waals surface area contributed by atoms with Crippen molar-refractivity contribution in [3.8, 4) is 5.75 Å². The number of hydrogen-bond acceptors (Lipinski definition) is 6. The van der Waals surface area contributed by atoms with Gasteiger partial charge in [-0.15, -0.1) is 0 Å². The summed E-state index contributed by atoms with van der Waals surface area (Å²) in [7, 11) is 0. The Balaban J connectivity index is 2.22. The minimum absolute atomic E-state index is 0.0474. The van der Waals surface area contributed by atoms with Crippen LogP contribution in [0.5, 0.6) is 5.75 Å². The number of nitrogens with two attached hydrogens (primary N) is 1. The number of amides is 2. The van der Waals surface area contributed by atoms with Crippen LogP contribution in [-0.4, -0.2) is 37.6 Å². The van der Waals surface area contributed by atoms with Gasteiger partial charge < -0.3 is 21.1 Å². The van der Waals surface area contributed by atoms with Crippen molar-refractivity contribution in [3.05, 3.63) is 29.3 Å². The van der Waals surface area contributed by atoms with Gasteiger partial charge in [-0.3, -0.25) is 9.59 Å². The maximum atomic E-state index is 11.9. The molecule has 0 radical (unpaired) electrons. The van der Waals surface area contributed by atoms with Crippen LogP contribution in [0.25, 0.3) is 0 Å². The number of nitrogens with one attached hydrogen (secondary N) is 2. The molecule has 1 aromatic rings. The standard InChI is InChI=1S/C18H29N3O3S2/c1-13(22)20-7-3-2-4-17(19)18(23)21-8-9-24-16-6-5-14(11-25)15(10-16)12-26/h5-6,10,17,25-26H,2-4,7-9,11-12,19H2,1H3,(H,20,22)(H,21,23)/t17-/m0/s1. The molecule has 146 valence electrons. The maximum absolute atomic E-state index is 11.9. The van der Waals surface area contributed by atoms with Gasteiger partial charge in [-0.2, -0.15) is 25.3 Å². The lowest BCUT2D eigenvalue weighted by molar-refractivity contribution is -0.122. The zero-order valence-corrected chi connectivity index (χ0v) is 17.0. The molecule has 0 aliphatic rings. The van der Waals surface area contributed by atoms with Gasteiger partial charge in [0.15, 0.2) is 0 Å². The van der Waals surface area contributed by atoms with Crippen molar-refractivity contribution in [3.63, 3.8) is 0 Å². The minimum atomic E-state index is -0.544. The molecular weight excluding hydrogens is 370 g/mol. The fourth-order valence-electron chi connectivity index (χ4n) is 2.35. The molecule has 0 aliphatic carbocycles. The van der Waals surface area contributed by atoms with E-state index in [2.05, 4.69) is 35.9 Å². The average molecular weight is 400 g/mol. The Morgan fingerprint density at radius 1 is 1.12 bits per heavy atom. The summed E-state index contributed by atoms with van der Waals surface area (Å²) in [6, 6.07) is 5.27. The number of rotatable bonds is 12. The maximum Gasteiger partial charge on any atom is 0.237 e. The molecule has 4 N–H and O–H groups in total. The molecule has 2 amide bonds. The third-order valence-electron chi connectivity index (χ3n) is 3.84. The van der Waals surface area contributed by atoms with Gasteiger partial charge in [0.25, 0.3) is 0 Å². The predicted molar refractivity (Wildman–Crippen MR) is 111 cm³/mol. The Morgan fingerprint density at radius 3 is 2.50 bits per heavy atom. The van der Waals surface area contributed by atoms with Crippen LogP contribution < -0.4 is 21.1 Å². The summed E-state index contributed by atoms with van der Waals surface area (Å²) in [5.41, 5.74) is 8.09. The molecule has 0 aliphatic heterocycles. The summed E-state index contributed by atoms with van der Waals surface area (Å²) in [6.07, 6.45) is 2.18. The third kappa shape index (κ3) is 8.82. The normalized spacial score (nSPS) is 11.7. The van der Waals surface area contributed by atoms with E-state index in [4.69, 9.17) is 10.5 Å². The molecule has 0 bridgehead atoms. The van der Waals surface area contributed by atoms with E-state index in [0.717, 1.165) is 29.7 Å². The predicted octanol–water partition coefficient (Wildman–Crippen LogP) is 1.67. The first-order valence-electron chi connectivity index (χ1n) is 8.72. The third-order valence-corrected chi connectivity index (χ3v) is 4.52. The average Bonchev–Trinajstić information content (AvgIpc) is 2.63. The number of hydrogen-bond donors (Lipinski definition) is 5. The molecule has 26 heavy (non-hydrogen) atoms. The SMILES string of the molecule is CC(=O)NCCCC[C@H](N)C(=O)NCCOc1ccc(CS)c(CS)c1. The van der Waals surface area contributed by atoms with E-state index in [1.807, 2.05) is 18.2 Å². The van der Waals surface area contributed by atoms with E-state index < -0.39 is 6.04 Å². The van der Waals surface area contributed by atoms with Crippen molar-refractivity contribution in [1.29, 1.82) is 0 Å². The highest BCUT2D eigenvalue weighted by molar-refractivity contribution is 7.79. The van der Waals surface area contributed by atoms with Gasteiger partial charge in [-0.05, 0) is 42.5 Å². The Hall–Kier alpha value is -1.38. The number of ether oxygens (including phenoxy) is 1. The van der Waals surface area contributed by atoms with Crippen LogP contribution in [0.4, 0.5) is 0 Å². The van der Waals surface area contributed by atoms with Crippen molar-refractivity contribution < 1.29 is 14.3 Å². The van der Waals surface area contributed by atoms with Crippen LogP contribution in [0.1, 0.15) is 37.3 Å². The first kappa shape index (κ1) is 22.7. The lowest BCUT2D eigenvalue weighted by Crippen LogP contribution is -2.42. The smallest absolute Gasteiger partial charge is 0.237 e. The number of thiol groups is 2. The lowest BCUT2D eigenvalue weighted by Gasteiger charge is -2.13. The molecule has 0 saturated heterocycles. The van der Waals surface area contributed by atoms with Crippen molar-refractivity contribution in [2.75, 3.05) is 19.7 Å². The zero-order chi connectivity index (χ0) is 19.4. The molecule has 6 nitrogen and oxygen atoms in total. The summed E-state index contributed by atoms with van der Waals surface area (Å²) < 4.78 is 5.66. The second kappa shape index (κ2) is 12.9. The van der Waals surface area contributed by atoms with E-state index in [1.165, 1.54) is 6.92 Å². The molecule has 0 aromatic heterocycles. The highest BCUT2D eigenvalue weighted by Crippen LogP contribution is 2.20. The van der Waals surface area contributed by atoms with Gasteiger partial charge in [-0.25, -0.2) is 0 Å². The summed E-state index contributed by atoms with van der Waals surface area (Å²) in [5.74, 6) is 1.80. The Kier molecular flexibility index (Phi) is 11.2. The summed E-state index contributed by atoms with van der Waals surface area (Å²) >= 11 is 8.60. The molecule has 8 heteroatoms. The van der Waals surface area contributed by atoms with Crippen LogP contribution >= 0.6 is 25.3 Å². The Labute approximate surface area is 166 Å². The molecule has 0 fully saturated rings. The molecule has 0 heterocycles. The highest BCUT2D eigenvalue weighted by Gasteiger charge is 2.12. The number of carbonyl (C=O) groups excluding carboxylic acids is 2. The largest absolute Gasteiger partial charge is 0.492 e. The van der Waals surface area contributed by atoms with Crippen LogP contribution in [-0.2, 0) is 21.1 Å². The number of unbranched alkanes of at least 4 members (excludes halogenated alkanes) is 1. The van der Waals surface area contributed by atoms with Crippen molar-refractivity contribution >= 4 is 37.1 Å². The number of benzene rings is 1. The van der Waals surface area contributed by atoms with E-state index in [9.17, 15) is 9.59 Å². The van der Waals surface area contributed by atoms with Crippen LogP contribution in [0.3, 0.4) is 0 Å². The van der Waals surface area contributed by atoms with Gasteiger partial charge >= 0.3 is 0 Å². The van der Waals surface area contributed by atoms with Crippen molar-refractivity contribution in [1.82, 2.24) is 10.6 Å². The van der Waals surface area contributed by atoms with Crippen LogP contribution in [0, 0.1) is 0 Å². The van der Waals surface area contributed by atoms with E-state index in [-0.39, 0.29) is 11.8 Å². The number of carbonyl (C=O) groups is 2. The van der Waals surface area contributed by atoms with Crippen molar-refractivity contribution in [2.24, 2.45) is 5.73 Å². The van der Waals surface area contributed by atoms with Crippen molar-refractivity contribution in [2.45, 2.75) is 43.7 Å². The Morgan fingerprint density at radius 2 is 1.85 bits per heavy atom. The monoisotopic (exact) mass is 399 g/mol. The molecular formula is C18H29N3O3S2. The second-order valence-electron chi connectivity index (χ2n) is 5.97. The second-order valence-corrected chi connectivity index (χ2v) is 6.60. The quantitative estimate of drug-likeness (QED) is 0.273. The lowest BCUT2D eigenvalue weighted by atomic mass is 10.1. The minimum Gasteiger partial charge on any atom is -0.492 e. The Bertz CT molecular complexity index is 585. The summed E-state index contributed by atoms with van der Waals surface area (Å²) in [5, 5.41) is 5.49. The fourth-order valence-corrected chi connectivity index (χ4v) is 2.96. The van der Waals surface area contributed by atoms with Gasteiger partial charge in [0.2, 0.25) is 11.8 Å². The first-order chi connectivity index (χ1) is 12.5.